The third kappa shape index (κ3) is 3.95. The third-order valence-electron chi connectivity index (χ3n) is 5.68. The zero-order chi connectivity index (χ0) is 19.4. The molecule has 0 atom stereocenters. The van der Waals surface area contributed by atoms with Gasteiger partial charge in [0, 0.05) is 24.5 Å². The van der Waals surface area contributed by atoms with E-state index in [4.69, 9.17) is 10.7 Å². The van der Waals surface area contributed by atoms with E-state index in [0.717, 1.165) is 48.5 Å². The summed E-state index contributed by atoms with van der Waals surface area (Å²) >= 11 is 0. The van der Waals surface area contributed by atoms with Gasteiger partial charge >= 0.3 is 0 Å². The molecule has 3 N–H and O–H groups in total. The maximum Gasteiger partial charge on any atom is 0.232 e. The van der Waals surface area contributed by atoms with E-state index in [-0.39, 0.29) is 0 Å². The lowest BCUT2D eigenvalue weighted by Gasteiger charge is -2.15. The summed E-state index contributed by atoms with van der Waals surface area (Å²) in [6.07, 6.45) is 6.71. The van der Waals surface area contributed by atoms with Crippen LogP contribution in [-0.4, -0.2) is 34.2 Å². The van der Waals surface area contributed by atoms with Crippen LogP contribution in [0.2, 0.25) is 0 Å². The second-order valence-corrected chi connectivity index (χ2v) is 7.24. The third-order valence-corrected chi connectivity index (χ3v) is 5.68. The molecule has 0 aliphatic carbocycles. The Morgan fingerprint density at radius 2 is 2.00 bits per heavy atom. The van der Waals surface area contributed by atoms with Crippen molar-refractivity contribution in [1.82, 2.24) is 14.5 Å². The molecule has 0 radical (unpaired) electrons. The molecule has 0 unspecified atom stereocenters. The molecule has 6 nitrogen and oxygen atoms in total. The summed E-state index contributed by atoms with van der Waals surface area (Å²) in [7, 11) is 0. The number of quaternary nitrogens is 1. The lowest BCUT2D eigenvalue weighted by Crippen LogP contribution is -3.11. The Morgan fingerprint density at radius 3 is 2.67 bits per heavy atom. The van der Waals surface area contributed by atoms with Gasteiger partial charge < -0.3 is 15.2 Å². The summed E-state index contributed by atoms with van der Waals surface area (Å²) in [5, 5.41) is 1.08. The van der Waals surface area contributed by atoms with Crippen LogP contribution in [-0.2, 0) is 13.1 Å². The van der Waals surface area contributed by atoms with Crippen molar-refractivity contribution >= 4 is 16.9 Å². The largest absolute Gasteiger partial charge is 0.335 e. The van der Waals surface area contributed by atoms with E-state index in [9.17, 15) is 0 Å². The first-order valence-corrected chi connectivity index (χ1v) is 9.92. The van der Waals surface area contributed by atoms with E-state index in [1.54, 1.807) is 11.1 Å². The van der Waals surface area contributed by atoms with Gasteiger partial charge in [-0.15, -0.1) is 0 Å². The molecule has 0 saturated heterocycles. The molecule has 3 aromatic heterocycles. The first kappa shape index (κ1) is 19.3. The SMILES string of the molecule is CC[NH+](CC)CCC[n+]1cnc2c(c(C)c(C)n2Cc2cccnc2)c1N. The number of aryl methyl sites for hydroxylation is 2. The highest BCUT2D eigenvalue weighted by Gasteiger charge is 2.21. The summed E-state index contributed by atoms with van der Waals surface area (Å²) in [6, 6.07) is 4.06. The number of nitrogens with two attached hydrogens (primary N) is 1. The maximum atomic E-state index is 6.57. The zero-order valence-electron chi connectivity index (χ0n) is 17.0. The van der Waals surface area contributed by atoms with Gasteiger partial charge in [-0.2, -0.15) is 0 Å². The number of anilines is 1. The van der Waals surface area contributed by atoms with Crippen molar-refractivity contribution in [1.29, 1.82) is 0 Å². The summed E-state index contributed by atoms with van der Waals surface area (Å²) in [4.78, 5) is 10.6. The van der Waals surface area contributed by atoms with Crippen LogP contribution in [0.15, 0.2) is 30.9 Å². The van der Waals surface area contributed by atoms with Gasteiger partial charge in [0.15, 0.2) is 0 Å². The van der Waals surface area contributed by atoms with Crippen LogP contribution >= 0.6 is 0 Å². The van der Waals surface area contributed by atoms with Crippen LogP contribution in [0.4, 0.5) is 5.82 Å². The van der Waals surface area contributed by atoms with Crippen LogP contribution in [0.3, 0.4) is 0 Å². The molecule has 0 amide bonds. The van der Waals surface area contributed by atoms with Crippen LogP contribution in [0, 0.1) is 13.8 Å². The number of fused-ring (bicyclic) bond motifs is 1. The molecule has 3 rings (SSSR count). The second kappa shape index (κ2) is 8.48. The van der Waals surface area contributed by atoms with Crippen LogP contribution in [0.1, 0.15) is 37.1 Å². The molecule has 0 saturated carbocycles. The molecular formula is C21H32N6+2. The molecule has 0 aliphatic heterocycles. The summed E-state index contributed by atoms with van der Waals surface area (Å²) in [5.41, 5.74) is 11.1. The first-order chi connectivity index (χ1) is 13.1. The Hall–Kier alpha value is -2.47. The Kier molecular flexibility index (Phi) is 6.06. The Bertz CT molecular complexity index is 896. The van der Waals surface area contributed by atoms with E-state index in [2.05, 4.69) is 47.9 Å². The van der Waals surface area contributed by atoms with Gasteiger partial charge in [0.25, 0.3) is 0 Å². The monoisotopic (exact) mass is 368 g/mol. The topological polar surface area (TPSA) is 65.0 Å². The molecule has 27 heavy (non-hydrogen) atoms. The second-order valence-electron chi connectivity index (χ2n) is 7.24. The molecule has 0 aromatic carbocycles. The van der Waals surface area contributed by atoms with Gasteiger partial charge in [-0.1, -0.05) is 11.1 Å². The molecule has 3 aromatic rings. The van der Waals surface area contributed by atoms with Crippen molar-refractivity contribution in [2.45, 2.75) is 47.2 Å². The van der Waals surface area contributed by atoms with Crippen LogP contribution < -0.4 is 15.2 Å². The van der Waals surface area contributed by atoms with Crippen molar-refractivity contribution in [2.24, 2.45) is 0 Å². The van der Waals surface area contributed by atoms with E-state index in [0.29, 0.717) is 0 Å². The Balaban J connectivity index is 1.89. The number of hydrogen-bond acceptors (Lipinski definition) is 3. The van der Waals surface area contributed by atoms with E-state index in [1.807, 2.05) is 18.6 Å². The van der Waals surface area contributed by atoms with Crippen molar-refractivity contribution in [3.8, 4) is 0 Å². The van der Waals surface area contributed by atoms with Gasteiger partial charge in [-0.25, -0.2) is 4.57 Å². The molecule has 0 fully saturated rings. The van der Waals surface area contributed by atoms with Crippen LogP contribution in [0.5, 0.6) is 0 Å². The predicted octanol–water partition coefficient (Wildman–Crippen LogP) is 1.28. The lowest BCUT2D eigenvalue weighted by molar-refractivity contribution is -0.898. The summed E-state index contributed by atoms with van der Waals surface area (Å²) in [6.45, 7) is 13.9. The van der Waals surface area contributed by atoms with Gasteiger partial charge in [0.1, 0.15) is 5.39 Å². The van der Waals surface area contributed by atoms with E-state index < -0.39 is 0 Å². The number of nitrogens with one attached hydrogen (secondary N) is 1. The van der Waals surface area contributed by atoms with E-state index >= 15 is 0 Å². The highest BCUT2D eigenvalue weighted by molar-refractivity contribution is 5.89. The highest BCUT2D eigenvalue weighted by Crippen LogP contribution is 2.27. The lowest BCUT2D eigenvalue weighted by atomic mass is 10.2. The predicted molar refractivity (Wildman–Crippen MR) is 109 cm³/mol. The molecule has 6 heteroatoms. The fourth-order valence-electron chi connectivity index (χ4n) is 3.76. The number of nitrogen functional groups attached to an aromatic ring is 1. The normalized spacial score (nSPS) is 11.6. The van der Waals surface area contributed by atoms with Gasteiger partial charge in [-0.3, -0.25) is 4.98 Å². The fraction of sp³-hybridized carbons (Fsp3) is 0.476. The van der Waals surface area contributed by atoms with Crippen LogP contribution in [0.25, 0.3) is 11.0 Å². The number of nitrogens with zero attached hydrogens (tertiary/aromatic N) is 4. The van der Waals surface area contributed by atoms with Crippen molar-refractivity contribution in [3.05, 3.63) is 47.7 Å². The van der Waals surface area contributed by atoms with Gasteiger partial charge in [0.2, 0.25) is 17.8 Å². The highest BCUT2D eigenvalue weighted by atomic mass is 15.1. The quantitative estimate of drug-likeness (QED) is 0.589. The average molecular weight is 369 g/mol. The van der Waals surface area contributed by atoms with Crippen molar-refractivity contribution in [2.75, 3.05) is 25.4 Å². The van der Waals surface area contributed by atoms with Crippen molar-refractivity contribution < 1.29 is 9.47 Å². The molecule has 0 spiro atoms. The molecule has 3 heterocycles. The zero-order valence-corrected chi connectivity index (χ0v) is 17.0. The first-order valence-electron chi connectivity index (χ1n) is 9.92. The maximum absolute atomic E-state index is 6.57. The fourth-order valence-corrected chi connectivity index (χ4v) is 3.76. The van der Waals surface area contributed by atoms with Gasteiger partial charge in [0.05, 0.1) is 32.7 Å². The number of hydrogen-bond donors (Lipinski definition) is 2. The van der Waals surface area contributed by atoms with E-state index in [1.165, 1.54) is 24.3 Å². The summed E-state index contributed by atoms with van der Waals surface area (Å²) < 4.78 is 4.34. The number of rotatable bonds is 8. The minimum atomic E-state index is 0.756. The standard InChI is InChI=1S/C21H30N6/c1-5-25(6-2)11-8-12-26-15-24-21-19(20(26)22)16(3)17(4)27(21)14-18-9-7-10-23-13-18/h7,9-10,13,15,22H,5-6,8,11-12,14H2,1-4H3/p+2. The Morgan fingerprint density at radius 1 is 1.22 bits per heavy atom. The summed E-state index contributed by atoms with van der Waals surface area (Å²) in [5.74, 6) is 0.820. The minimum Gasteiger partial charge on any atom is -0.335 e. The molecular weight excluding hydrogens is 336 g/mol. The van der Waals surface area contributed by atoms with Gasteiger partial charge in [-0.05, 0) is 44.9 Å². The average Bonchev–Trinajstić information content (AvgIpc) is 2.93. The molecule has 0 aliphatic rings. The number of pyridine rings is 1. The number of aromatic nitrogens is 4. The Labute approximate surface area is 161 Å². The van der Waals surface area contributed by atoms with Crippen molar-refractivity contribution in [3.63, 3.8) is 0 Å². The smallest absolute Gasteiger partial charge is 0.232 e. The molecule has 144 valence electrons. The molecule has 0 bridgehead atoms. The minimum absolute atomic E-state index is 0.756.